The number of nitrogens with one attached hydrogen (secondary N) is 3. The summed E-state index contributed by atoms with van der Waals surface area (Å²) in [4.78, 5) is 0. The molecule has 1 heterocycles. The Morgan fingerprint density at radius 1 is 0.759 bits per heavy atom. The second kappa shape index (κ2) is 8.76. The van der Waals surface area contributed by atoms with Crippen LogP contribution >= 0.6 is 23.6 Å². The zero-order valence-corrected chi connectivity index (χ0v) is 16.7. The minimum atomic E-state index is -0.277. The van der Waals surface area contributed by atoms with E-state index in [-0.39, 0.29) is 5.82 Å². The molecule has 0 saturated heterocycles. The monoisotopic (exact) mass is 421 g/mol. The minimum absolute atomic E-state index is 0.277. The highest BCUT2D eigenvalue weighted by Crippen LogP contribution is 2.29. The highest BCUT2D eigenvalue weighted by atomic mass is 32.1. The van der Waals surface area contributed by atoms with Crippen LogP contribution < -0.4 is 16.0 Å². The molecule has 0 amide bonds. The third-order valence-electron chi connectivity index (χ3n) is 3.94. The summed E-state index contributed by atoms with van der Waals surface area (Å²) in [6.45, 7) is 0. The highest BCUT2D eigenvalue weighted by Gasteiger charge is 2.08. The van der Waals surface area contributed by atoms with Gasteiger partial charge < -0.3 is 16.0 Å². The lowest BCUT2D eigenvalue weighted by molar-refractivity contribution is 0.628. The number of hydrogen-bond donors (Lipinski definition) is 3. The van der Waals surface area contributed by atoms with E-state index in [4.69, 9.17) is 12.2 Å². The topological polar surface area (TPSA) is 61.9 Å². The number of aromatic nitrogens is 2. The van der Waals surface area contributed by atoms with Crippen LogP contribution in [0.25, 0.3) is 10.6 Å². The number of anilines is 4. The van der Waals surface area contributed by atoms with Gasteiger partial charge in [0.1, 0.15) is 10.8 Å². The van der Waals surface area contributed by atoms with Crippen LogP contribution in [0.4, 0.5) is 26.6 Å². The third-order valence-corrected chi connectivity index (χ3v) is 5.03. The lowest BCUT2D eigenvalue weighted by Gasteiger charge is -2.10. The summed E-state index contributed by atoms with van der Waals surface area (Å²) in [7, 11) is 0. The molecule has 0 fully saturated rings. The molecule has 0 atom stereocenters. The van der Waals surface area contributed by atoms with E-state index in [0.29, 0.717) is 10.2 Å². The predicted molar refractivity (Wildman–Crippen MR) is 121 cm³/mol. The normalized spacial score (nSPS) is 10.4. The van der Waals surface area contributed by atoms with E-state index in [1.165, 1.54) is 23.5 Å². The molecule has 5 nitrogen and oxygen atoms in total. The molecule has 0 aliphatic rings. The number of halogens is 1. The molecule has 0 unspecified atom stereocenters. The van der Waals surface area contributed by atoms with Crippen LogP contribution in [-0.4, -0.2) is 15.3 Å². The Labute approximate surface area is 176 Å². The van der Waals surface area contributed by atoms with Crippen molar-refractivity contribution in [2.75, 3.05) is 16.0 Å². The Hall–Kier alpha value is -3.36. The van der Waals surface area contributed by atoms with Gasteiger partial charge in [-0.15, -0.1) is 10.2 Å². The van der Waals surface area contributed by atoms with E-state index in [1.54, 1.807) is 12.1 Å². The summed E-state index contributed by atoms with van der Waals surface area (Å²) in [6.07, 6.45) is 0. The van der Waals surface area contributed by atoms with Crippen molar-refractivity contribution in [3.63, 3.8) is 0 Å². The summed E-state index contributed by atoms with van der Waals surface area (Å²) in [5.74, 6) is -0.277. The van der Waals surface area contributed by atoms with Gasteiger partial charge in [0.15, 0.2) is 5.11 Å². The molecule has 1 aromatic heterocycles. The van der Waals surface area contributed by atoms with Crippen molar-refractivity contribution in [2.45, 2.75) is 0 Å². The van der Waals surface area contributed by atoms with Gasteiger partial charge in [0, 0.05) is 22.6 Å². The van der Waals surface area contributed by atoms with Gasteiger partial charge in [-0.05, 0) is 72.9 Å². The van der Waals surface area contributed by atoms with Crippen LogP contribution in [0.5, 0.6) is 0 Å². The van der Waals surface area contributed by atoms with Crippen LogP contribution in [0.15, 0.2) is 78.9 Å². The molecule has 0 spiro atoms. The molecule has 0 aliphatic heterocycles. The van der Waals surface area contributed by atoms with Crippen molar-refractivity contribution in [1.29, 1.82) is 0 Å². The Morgan fingerprint density at radius 2 is 1.38 bits per heavy atom. The van der Waals surface area contributed by atoms with Crippen LogP contribution in [0.3, 0.4) is 0 Å². The SMILES string of the molecule is Fc1ccc(Nc2nnc(-c3ccc(NC(=S)Nc4ccccc4)cc3)s2)cc1. The fraction of sp³-hybridized carbons (Fsp3) is 0. The average Bonchev–Trinajstić information content (AvgIpc) is 3.19. The Bertz CT molecular complexity index is 1100. The van der Waals surface area contributed by atoms with E-state index < -0.39 is 0 Å². The number of para-hydroxylation sites is 1. The molecular weight excluding hydrogens is 405 g/mol. The largest absolute Gasteiger partial charge is 0.332 e. The van der Waals surface area contributed by atoms with Gasteiger partial charge in [0.25, 0.3) is 0 Å². The van der Waals surface area contributed by atoms with Crippen LogP contribution in [0, 0.1) is 5.82 Å². The van der Waals surface area contributed by atoms with Gasteiger partial charge in [0.05, 0.1) is 0 Å². The fourth-order valence-electron chi connectivity index (χ4n) is 2.56. The summed E-state index contributed by atoms with van der Waals surface area (Å²) < 4.78 is 13.0. The molecule has 3 aromatic carbocycles. The average molecular weight is 422 g/mol. The smallest absolute Gasteiger partial charge is 0.210 e. The van der Waals surface area contributed by atoms with Crippen molar-refractivity contribution in [2.24, 2.45) is 0 Å². The van der Waals surface area contributed by atoms with Gasteiger partial charge in [0.2, 0.25) is 5.13 Å². The van der Waals surface area contributed by atoms with E-state index in [2.05, 4.69) is 26.1 Å². The standard InChI is InChI=1S/C21H16FN5S2/c22-15-8-12-18(13-9-15)25-21-27-26-19(29-21)14-6-10-17(11-7-14)24-20(28)23-16-4-2-1-3-5-16/h1-13H,(H,25,27)(H2,23,24,28). The van der Waals surface area contributed by atoms with Crippen molar-refractivity contribution < 1.29 is 4.39 Å². The first kappa shape index (κ1) is 19.0. The first-order valence-corrected chi connectivity index (χ1v) is 9.98. The Morgan fingerprint density at radius 3 is 2.07 bits per heavy atom. The molecule has 3 N–H and O–H groups in total. The lowest BCUT2D eigenvalue weighted by Crippen LogP contribution is -2.18. The van der Waals surface area contributed by atoms with Gasteiger partial charge in [-0.25, -0.2) is 4.39 Å². The molecular formula is C21H16FN5S2. The van der Waals surface area contributed by atoms with Crippen molar-refractivity contribution in [1.82, 2.24) is 10.2 Å². The Balaban J connectivity index is 1.38. The molecule has 0 bridgehead atoms. The minimum Gasteiger partial charge on any atom is -0.332 e. The maximum absolute atomic E-state index is 13.0. The molecule has 29 heavy (non-hydrogen) atoms. The van der Waals surface area contributed by atoms with E-state index in [1.807, 2.05) is 54.6 Å². The van der Waals surface area contributed by atoms with E-state index in [9.17, 15) is 4.39 Å². The van der Waals surface area contributed by atoms with Crippen LogP contribution in [0.2, 0.25) is 0 Å². The zero-order valence-electron chi connectivity index (χ0n) is 15.1. The molecule has 8 heteroatoms. The maximum Gasteiger partial charge on any atom is 0.210 e. The number of hydrogen-bond acceptors (Lipinski definition) is 5. The molecule has 4 aromatic rings. The summed E-state index contributed by atoms with van der Waals surface area (Å²) in [5.41, 5.74) is 3.50. The van der Waals surface area contributed by atoms with Crippen molar-refractivity contribution in [3.8, 4) is 10.6 Å². The van der Waals surface area contributed by atoms with Crippen LogP contribution in [-0.2, 0) is 0 Å². The van der Waals surface area contributed by atoms with Gasteiger partial charge in [-0.3, -0.25) is 0 Å². The molecule has 144 valence electrons. The van der Waals surface area contributed by atoms with Crippen LogP contribution in [0.1, 0.15) is 0 Å². The summed E-state index contributed by atoms with van der Waals surface area (Å²) in [6, 6.07) is 23.6. The number of rotatable bonds is 5. The summed E-state index contributed by atoms with van der Waals surface area (Å²) in [5, 5.41) is 19.7. The fourth-order valence-corrected chi connectivity index (χ4v) is 3.56. The second-order valence-corrected chi connectivity index (χ2v) is 7.45. The molecule has 4 rings (SSSR count). The first-order valence-electron chi connectivity index (χ1n) is 8.75. The third kappa shape index (κ3) is 5.13. The molecule has 0 radical (unpaired) electrons. The quantitative estimate of drug-likeness (QED) is 0.349. The van der Waals surface area contributed by atoms with Crippen molar-refractivity contribution >= 4 is 50.9 Å². The number of nitrogens with zero attached hydrogens (tertiary/aromatic N) is 2. The predicted octanol–water partition coefficient (Wildman–Crippen LogP) is 5.90. The zero-order chi connectivity index (χ0) is 20.1. The lowest BCUT2D eigenvalue weighted by atomic mass is 10.2. The highest BCUT2D eigenvalue weighted by molar-refractivity contribution is 7.80. The van der Waals surface area contributed by atoms with Gasteiger partial charge in [-0.2, -0.15) is 0 Å². The van der Waals surface area contributed by atoms with Crippen molar-refractivity contribution in [3.05, 3.63) is 84.7 Å². The number of benzene rings is 3. The molecule has 0 saturated carbocycles. The van der Waals surface area contributed by atoms with Gasteiger partial charge in [-0.1, -0.05) is 29.5 Å². The summed E-state index contributed by atoms with van der Waals surface area (Å²) >= 11 is 6.76. The number of thiocarbonyl (C=S) groups is 1. The first-order chi connectivity index (χ1) is 14.2. The maximum atomic E-state index is 13.0. The van der Waals surface area contributed by atoms with E-state index >= 15 is 0 Å². The second-order valence-electron chi connectivity index (χ2n) is 6.07. The van der Waals surface area contributed by atoms with E-state index in [0.717, 1.165) is 27.6 Å². The Kier molecular flexibility index (Phi) is 5.73. The van der Waals surface area contributed by atoms with Gasteiger partial charge >= 0.3 is 0 Å². The molecule has 0 aliphatic carbocycles.